The normalized spacial score (nSPS) is 11.6. The monoisotopic (exact) mass is 405 g/mol. The average molecular weight is 406 g/mol. The molecule has 0 aliphatic carbocycles. The first-order chi connectivity index (χ1) is 12.1. The van der Waals surface area contributed by atoms with Crippen LogP contribution in [0.4, 0.5) is 0 Å². The first kappa shape index (κ1) is 19.3. The summed E-state index contributed by atoms with van der Waals surface area (Å²) in [5.74, 6) is 1.47. The highest BCUT2D eigenvalue weighted by Gasteiger charge is 2.13. The van der Waals surface area contributed by atoms with Gasteiger partial charge in [0.2, 0.25) is 0 Å². The number of amides is 1. The van der Waals surface area contributed by atoms with Crippen molar-refractivity contribution in [3.8, 4) is 11.5 Å². The maximum atomic E-state index is 12.1. The molecule has 0 heterocycles. The SMILES string of the molecule is CCOc1ccc(CCCNC(=O)C(C)Oc2ccc(Br)cc2)cc1. The summed E-state index contributed by atoms with van der Waals surface area (Å²) in [5.41, 5.74) is 1.23. The lowest BCUT2D eigenvalue weighted by Crippen LogP contribution is -2.36. The maximum absolute atomic E-state index is 12.1. The second-order valence-electron chi connectivity index (χ2n) is 5.69. The molecule has 0 aliphatic rings. The summed E-state index contributed by atoms with van der Waals surface area (Å²) >= 11 is 3.37. The van der Waals surface area contributed by atoms with Gasteiger partial charge in [0.15, 0.2) is 6.10 Å². The Kier molecular flexibility index (Phi) is 7.79. The first-order valence-electron chi connectivity index (χ1n) is 8.50. The molecule has 2 rings (SSSR count). The van der Waals surface area contributed by atoms with Gasteiger partial charge in [0.25, 0.3) is 5.91 Å². The molecule has 5 heteroatoms. The standard InChI is InChI=1S/C20H24BrNO3/c1-3-24-18-10-6-16(7-11-18)5-4-14-22-20(23)15(2)25-19-12-8-17(21)9-13-19/h6-13,15H,3-5,14H2,1-2H3,(H,22,23). The second-order valence-corrected chi connectivity index (χ2v) is 6.60. The van der Waals surface area contributed by atoms with Crippen molar-refractivity contribution >= 4 is 21.8 Å². The van der Waals surface area contributed by atoms with E-state index in [9.17, 15) is 4.79 Å². The molecule has 0 saturated heterocycles. The number of carbonyl (C=O) groups is 1. The summed E-state index contributed by atoms with van der Waals surface area (Å²) < 4.78 is 12.0. The molecule has 2 aromatic carbocycles. The van der Waals surface area contributed by atoms with E-state index in [4.69, 9.17) is 9.47 Å². The fourth-order valence-electron chi connectivity index (χ4n) is 2.34. The second kappa shape index (κ2) is 10.1. The van der Waals surface area contributed by atoms with Crippen molar-refractivity contribution < 1.29 is 14.3 Å². The van der Waals surface area contributed by atoms with Crippen LogP contribution in [0.25, 0.3) is 0 Å². The van der Waals surface area contributed by atoms with E-state index in [1.807, 2.05) is 43.3 Å². The van der Waals surface area contributed by atoms with Gasteiger partial charge in [0.1, 0.15) is 11.5 Å². The van der Waals surface area contributed by atoms with Crippen LogP contribution in [0.2, 0.25) is 0 Å². The third kappa shape index (κ3) is 6.78. The Balaban J connectivity index is 1.68. The number of aryl methyl sites for hydroxylation is 1. The summed E-state index contributed by atoms with van der Waals surface area (Å²) in [6.07, 6.45) is 1.27. The summed E-state index contributed by atoms with van der Waals surface area (Å²) in [6.45, 7) is 5.02. The molecule has 0 aliphatic heterocycles. The Morgan fingerprint density at radius 2 is 1.72 bits per heavy atom. The molecule has 0 fully saturated rings. The molecule has 0 aromatic heterocycles. The van der Waals surface area contributed by atoms with Crippen LogP contribution in [0.5, 0.6) is 11.5 Å². The smallest absolute Gasteiger partial charge is 0.260 e. The predicted molar refractivity (Wildman–Crippen MR) is 103 cm³/mol. The van der Waals surface area contributed by atoms with Crippen molar-refractivity contribution in [2.45, 2.75) is 32.8 Å². The molecule has 0 saturated carbocycles. The minimum absolute atomic E-state index is 0.102. The van der Waals surface area contributed by atoms with Crippen LogP contribution in [0.3, 0.4) is 0 Å². The molecule has 0 radical (unpaired) electrons. The van der Waals surface area contributed by atoms with E-state index in [2.05, 4.69) is 33.4 Å². The third-order valence-electron chi connectivity index (χ3n) is 3.67. The highest BCUT2D eigenvalue weighted by molar-refractivity contribution is 9.10. The van der Waals surface area contributed by atoms with Gasteiger partial charge in [0, 0.05) is 11.0 Å². The largest absolute Gasteiger partial charge is 0.494 e. The van der Waals surface area contributed by atoms with Crippen molar-refractivity contribution in [2.24, 2.45) is 0 Å². The van der Waals surface area contributed by atoms with Gasteiger partial charge in [0.05, 0.1) is 6.61 Å². The average Bonchev–Trinajstić information content (AvgIpc) is 2.62. The minimum Gasteiger partial charge on any atom is -0.494 e. The van der Waals surface area contributed by atoms with E-state index in [-0.39, 0.29) is 5.91 Å². The highest BCUT2D eigenvalue weighted by atomic mass is 79.9. The van der Waals surface area contributed by atoms with Gasteiger partial charge < -0.3 is 14.8 Å². The zero-order valence-corrected chi connectivity index (χ0v) is 16.2. The minimum atomic E-state index is -0.522. The Hall–Kier alpha value is -2.01. The number of carbonyl (C=O) groups excluding carboxylic acids is 1. The van der Waals surface area contributed by atoms with Crippen molar-refractivity contribution in [2.75, 3.05) is 13.2 Å². The fraction of sp³-hybridized carbons (Fsp3) is 0.350. The predicted octanol–water partition coefficient (Wildman–Crippen LogP) is 4.36. The molecule has 1 unspecified atom stereocenters. The maximum Gasteiger partial charge on any atom is 0.260 e. The molecule has 1 atom stereocenters. The lowest BCUT2D eigenvalue weighted by Gasteiger charge is -2.14. The molecule has 2 aromatic rings. The van der Waals surface area contributed by atoms with Crippen LogP contribution in [-0.2, 0) is 11.2 Å². The number of hydrogen-bond acceptors (Lipinski definition) is 3. The lowest BCUT2D eigenvalue weighted by molar-refractivity contribution is -0.127. The van der Waals surface area contributed by atoms with Gasteiger partial charge in [-0.05, 0) is 68.7 Å². The van der Waals surface area contributed by atoms with Crippen LogP contribution in [0, 0.1) is 0 Å². The zero-order chi connectivity index (χ0) is 18.1. The summed E-state index contributed by atoms with van der Waals surface area (Å²) in [6, 6.07) is 15.5. The van der Waals surface area contributed by atoms with Crippen LogP contribution < -0.4 is 14.8 Å². The van der Waals surface area contributed by atoms with Gasteiger partial charge >= 0.3 is 0 Å². The van der Waals surface area contributed by atoms with E-state index >= 15 is 0 Å². The summed E-state index contributed by atoms with van der Waals surface area (Å²) in [5, 5.41) is 2.92. The van der Waals surface area contributed by atoms with Gasteiger partial charge in [-0.3, -0.25) is 4.79 Å². The first-order valence-corrected chi connectivity index (χ1v) is 9.29. The van der Waals surface area contributed by atoms with Crippen molar-refractivity contribution in [3.63, 3.8) is 0 Å². The lowest BCUT2D eigenvalue weighted by atomic mass is 10.1. The molecular formula is C20H24BrNO3. The number of benzene rings is 2. The summed E-state index contributed by atoms with van der Waals surface area (Å²) in [7, 11) is 0. The molecular weight excluding hydrogens is 382 g/mol. The molecule has 0 spiro atoms. The molecule has 4 nitrogen and oxygen atoms in total. The number of ether oxygens (including phenoxy) is 2. The Bertz CT molecular complexity index is 656. The molecule has 1 amide bonds. The third-order valence-corrected chi connectivity index (χ3v) is 4.20. The molecule has 134 valence electrons. The number of hydrogen-bond donors (Lipinski definition) is 1. The van der Waals surface area contributed by atoms with Gasteiger partial charge in [-0.1, -0.05) is 28.1 Å². The Morgan fingerprint density at radius 3 is 2.36 bits per heavy atom. The van der Waals surface area contributed by atoms with Crippen LogP contribution >= 0.6 is 15.9 Å². The van der Waals surface area contributed by atoms with Gasteiger partial charge in [-0.15, -0.1) is 0 Å². The van der Waals surface area contributed by atoms with Crippen molar-refractivity contribution in [1.82, 2.24) is 5.32 Å². The zero-order valence-electron chi connectivity index (χ0n) is 14.6. The quantitative estimate of drug-likeness (QED) is 0.630. The van der Waals surface area contributed by atoms with E-state index in [0.29, 0.717) is 18.9 Å². The number of rotatable bonds is 9. The van der Waals surface area contributed by atoms with Gasteiger partial charge in [-0.2, -0.15) is 0 Å². The van der Waals surface area contributed by atoms with Crippen molar-refractivity contribution in [1.29, 1.82) is 0 Å². The van der Waals surface area contributed by atoms with Crippen LogP contribution in [-0.4, -0.2) is 25.2 Å². The topological polar surface area (TPSA) is 47.6 Å². The Labute approximate surface area is 157 Å². The van der Waals surface area contributed by atoms with E-state index in [1.165, 1.54) is 5.56 Å². The van der Waals surface area contributed by atoms with Crippen molar-refractivity contribution in [3.05, 3.63) is 58.6 Å². The summed E-state index contributed by atoms with van der Waals surface area (Å²) in [4.78, 5) is 12.1. The van der Waals surface area contributed by atoms with Crippen LogP contribution in [0.1, 0.15) is 25.8 Å². The number of nitrogens with one attached hydrogen (secondary N) is 1. The molecule has 1 N–H and O–H groups in total. The number of halogens is 1. The Morgan fingerprint density at radius 1 is 1.08 bits per heavy atom. The van der Waals surface area contributed by atoms with Gasteiger partial charge in [-0.25, -0.2) is 0 Å². The van der Waals surface area contributed by atoms with E-state index in [1.54, 1.807) is 6.92 Å². The molecule has 0 bridgehead atoms. The van der Waals surface area contributed by atoms with Crippen LogP contribution in [0.15, 0.2) is 53.0 Å². The molecule has 25 heavy (non-hydrogen) atoms. The highest BCUT2D eigenvalue weighted by Crippen LogP contribution is 2.17. The fourth-order valence-corrected chi connectivity index (χ4v) is 2.60. The van der Waals surface area contributed by atoms with E-state index < -0.39 is 6.10 Å². The van der Waals surface area contributed by atoms with E-state index in [0.717, 1.165) is 23.1 Å².